The molecule has 0 unspecified atom stereocenters. The Balaban J connectivity index is 1.40. The van der Waals surface area contributed by atoms with Crippen LogP contribution in [0.3, 0.4) is 0 Å². The van der Waals surface area contributed by atoms with Crippen LogP contribution in [0.1, 0.15) is 47.7 Å². The van der Waals surface area contributed by atoms with Gasteiger partial charge in [-0.2, -0.15) is 0 Å². The SMILES string of the molecule is C[C@@]12C=C3C[C@@H](OC(=O)c4ccccc4)CC[C@@]3(O1)c1ccccc12. The Kier molecular flexibility index (Phi) is 3.02. The van der Waals surface area contributed by atoms with Gasteiger partial charge >= 0.3 is 5.97 Å². The topological polar surface area (TPSA) is 35.5 Å². The van der Waals surface area contributed by atoms with E-state index in [0.717, 1.165) is 19.3 Å². The van der Waals surface area contributed by atoms with Crippen LogP contribution in [0.25, 0.3) is 0 Å². The van der Waals surface area contributed by atoms with Gasteiger partial charge in [0, 0.05) is 6.42 Å². The molecule has 3 aliphatic rings. The second kappa shape index (κ2) is 5.06. The number of benzene rings is 2. The summed E-state index contributed by atoms with van der Waals surface area (Å²) in [7, 11) is 0. The standard InChI is InChI=1S/C22H20O3/c1-21-14-16-13-17(24-20(23)15-7-3-2-4-8-15)11-12-22(16,25-21)19-10-6-5-9-18(19)21/h2-10,14,17H,11-13H2,1H3/t17-,21-,22-/m0/s1. The Morgan fingerprint density at radius 3 is 2.60 bits per heavy atom. The minimum Gasteiger partial charge on any atom is -0.458 e. The van der Waals surface area contributed by atoms with Gasteiger partial charge < -0.3 is 9.47 Å². The van der Waals surface area contributed by atoms with Gasteiger partial charge in [-0.25, -0.2) is 4.79 Å². The van der Waals surface area contributed by atoms with E-state index in [9.17, 15) is 4.79 Å². The lowest BCUT2D eigenvalue weighted by atomic mass is 9.70. The normalized spacial score (nSPS) is 31.9. The molecule has 3 nitrogen and oxygen atoms in total. The Bertz CT molecular complexity index is 885. The lowest BCUT2D eigenvalue weighted by Gasteiger charge is -2.37. The summed E-state index contributed by atoms with van der Waals surface area (Å²) in [4.78, 5) is 12.4. The van der Waals surface area contributed by atoms with Crippen molar-refractivity contribution in [2.24, 2.45) is 0 Å². The van der Waals surface area contributed by atoms with Crippen molar-refractivity contribution in [3.8, 4) is 0 Å². The van der Waals surface area contributed by atoms with Crippen molar-refractivity contribution in [2.45, 2.75) is 43.5 Å². The summed E-state index contributed by atoms with van der Waals surface area (Å²) >= 11 is 0. The number of carbonyl (C=O) groups is 1. The second-order valence-corrected chi connectivity index (χ2v) is 7.39. The third-order valence-electron chi connectivity index (χ3n) is 5.80. The van der Waals surface area contributed by atoms with Gasteiger partial charge in [0.1, 0.15) is 17.3 Å². The van der Waals surface area contributed by atoms with E-state index in [-0.39, 0.29) is 23.3 Å². The third kappa shape index (κ3) is 2.05. The summed E-state index contributed by atoms with van der Waals surface area (Å²) in [5.74, 6) is -0.238. The molecule has 5 rings (SSSR count). The Labute approximate surface area is 147 Å². The number of carbonyl (C=O) groups excluding carboxylic acids is 1. The van der Waals surface area contributed by atoms with Gasteiger partial charge in [0.15, 0.2) is 0 Å². The summed E-state index contributed by atoms with van der Waals surface area (Å²) in [6.07, 6.45) is 4.60. The Morgan fingerprint density at radius 1 is 1.08 bits per heavy atom. The molecule has 0 N–H and O–H groups in total. The molecular weight excluding hydrogens is 312 g/mol. The molecule has 1 saturated carbocycles. The van der Waals surface area contributed by atoms with Crippen LogP contribution in [0.5, 0.6) is 0 Å². The van der Waals surface area contributed by atoms with Crippen LogP contribution in [0, 0.1) is 0 Å². The smallest absolute Gasteiger partial charge is 0.338 e. The van der Waals surface area contributed by atoms with Gasteiger partial charge in [-0.05, 0) is 54.7 Å². The zero-order valence-electron chi connectivity index (χ0n) is 14.2. The van der Waals surface area contributed by atoms with Crippen LogP contribution >= 0.6 is 0 Å². The molecule has 25 heavy (non-hydrogen) atoms. The molecule has 126 valence electrons. The molecule has 3 atom stereocenters. The molecule has 2 aromatic rings. The van der Waals surface area contributed by atoms with E-state index in [1.807, 2.05) is 18.2 Å². The van der Waals surface area contributed by atoms with Crippen molar-refractivity contribution in [3.05, 3.63) is 82.9 Å². The van der Waals surface area contributed by atoms with Crippen LogP contribution in [0.2, 0.25) is 0 Å². The number of hydrogen-bond donors (Lipinski definition) is 0. The molecule has 2 aliphatic heterocycles. The molecule has 0 aromatic heterocycles. The van der Waals surface area contributed by atoms with Crippen LogP contribution in [-0.2, 0) is 20.7 Å². The molecule has 2 aromatic carbocycles. The number of ether oxygens (including phenoxy) is 2. The van der Waals surface area contributed by atoms with Crippen LogP contribution < -0.4 is 0 Å². The largest absolute Gasteiger partial charge is 0.458 e. The predicted octanol–water partition coefficient (Wildman–Crippen LogP) is 4.48. The maximum atomic E-state index is 12.4. The van der Waals surface area contributed by atoms with Crippen LogP contribution in [-0.4, -0.2) is 12.1 Å². The van der Waals surface area contributed by atoms with Crippen molar-refractivity contribution < 1.29 is 14.3 Å². The van der Waals surface area contributed by atoms with Crippen molar-refractivity contribution >= 4 is 5.97 Å². The summed E-state index contributed by atoms with van der Waals surface area (Å²) in [5, 5.41) is 0. The number of fused-ring (bicyclic) bond motifs is 3. The molecule has 1 spiro atoms. The van der Waals surface area contributed by atoms with Gasteiger partial charge in [0.25, 0.3) is 0 Å². The van der Waals surface area contributed by atoms with Crippen molar-refractivity contribution in [1.29, 1.82) is 0 Å². The van der Waals surface area contributed by atoms with Crippen molar-refractivity contribution in [1.82, 2.24) is 0 Å². The van der Waals surface area contributed by atoms with Gasteiger partial charge in [-0.1, -0.05) is 42.5 Å². The van der Waals surface area contributed by atoms with Gasteiger partial charge in [0.2, 0.25) is 0 Å². The van der Waals surface area contributed by atoms with E-state index >= 15 is 0 Å². The van der Waals surface area contributed by atoms with E-state index in [0.29, 0.717) is 5.56 Å². The summed E-state index contributed by atoms with van der Waals surface area (Å²) in [5.41, 5.74) is 3.80. The van der Waals surface area contributed by atoms with E-state index in [1.165, 1.54) is 16.7 Å². The zero-order valence-corrected chi connectivity index (χ0v) is 14.2. The van der Waals surface area contributed by atoms with Gasteiger partial charge in [0.05, 0.1) is 5.56 Å². The molecule has 2 heterocycles. The first kappa shape index (κ1) is 14.9. The highest BCUT2D eigenvalue weighted by Crippen LogP contribution is 2.62. The first-order chi connectivity index (χ1) is 12.1. The monoisotopic (exact) mass is 332 g/mol. The van der Waals surface area contributed by atoms with E-state index in [1.54, 1.807) is 12.1 Å². The fourth-order valence-corrected chi connectivity index (χ4v) is 4.71. The molecule has 1 fully saturated rings. The Hall–Kier alpha value is -2.39. The molecule has 0 saturated heterocycles. The van der Waals surface area contributed by atoms with E-state index in [4.69, 9.17) is 9.47 Å². The lowest BCUT2D eigenvalue weighted by molar-refractivity contribution is -0.0871. The van der Waals surface area contributed by atoms with Crippen molar-refractivity contribution in [2.75, 3.05) is 0 Å². The number of esters is 1. The third-order valence-corrected chi connectivity index (χ3v) is 5.80. The first-order valence-corrected chi connectivity index (χ1v) is 8.89. The van der Waals surface area contributed by atoms with Crippen molar-refractivity contribution in [3.63, 3.8) is 0 Å². The molecule has 0 radical (unpaired) electrons. The van der Waals surface area contributed by atoms with E-state index < -0.39 is 0 Å². The van der Waals surface area contributed by atoms with Gasteiger partial charge in [-0.15, -0.1) is 0 Å². The minimum atomic E-state index is -0.343. The minimum absolute atomic E-state index is 0.0803. The van der Waals surface area contributed by atoms with Gasteiger partial charge in [-0.3, -0.25) is 0 Å². The molecule has 2 bridgehead atoms. The molecule has 0 amide bonds. The van der Waals surface area contributed by atoms with Crippen LogP contribution in [0.4, 0.5) is 0 Å². The molecular formula is C22H20O3. The summed E-state index contributed by atoms with van der Waals surface area (Å²) in [6.45, 7) is 2.14. The Morgan fingerprint density at radius 2 is 1.80 bits per heavy atom. The molecule has 3 heteroatoms. The van der Waals surface area contributed by atoms with Crippen LogP contribution in [0.15, 0.2) is 66.2 Å². The average molecular weight is 332 g/mol. The maximum absolute atomic E-state index is 12.4. The quantitative estimate of drug-likeness (QED) is 0.601. The highest BCUT2D eigenvalue weighted by molar-refractivity contribution is 5.89. The zero-order chi connectivity index (χ0) is 17.1. The summed E-state index contributed by atoms with van der Waals surface area (Å²) < 4.78 is 12.3. The fourth-order valence-electron chi connectivity index (χ4n) is 4.71. The van der Waals surface area contributed by atoms with E-state index in [2.05, 4.69) is 37.3 Å². The summed E-state index contributed by atoms with van der Waals surface area (Å²) in [6, 6.07) is 17.7. The average Bonchev–Trinajstić information content (AvgIpc) is 3.08. The molecule has 1 aliphatic carbocycles. The fraction of sp³-hybridized carbons (Fsp3) is 0.318. The first-order valence-electron chi connectivity index (χ1n) is 8.89. The number of rotatable bonds is 2. The maximum Gasteiger partial charge on any atom is 0.338 e. The number of hydrogen-bond acceptors (Lipinski definition) is 3. The second-order valence-electron chi connectivity index (χ2n) is 7.39. The highest BCUT2D eigenvalue weighted by atomic mass is 16.5. The predicted molar refractivity (Wildman–Crippen MR) is 94.1 cm³/mol. The highest BCUT2D eigenvalue weighted by Gasteiger charge is 2.59. The lowest BCUT2D eigenvalue weighted by Crippen LogP contribution is -2.36.